The summed E-state index contributed by atoms with van der Waals surface area (Å²) in [6.45, 7) is 4.09. The number of nitrogens with zero attached hydrogens (tertiary/aromatic N) is 2. The first-order chi connectivity index (χ1) is 6.53. The lowest BCUT2D eigenvalue weighted by molar-refractivity contribution is 0.242. The van der Waals surface area contributed by atoms with Crippen molar-refractivity contribution in [3.05, 3.63) is 24.0 Å². The maximum atomic E-state index is 8.75. The third-order valence-electron chi connectivity index (χ3n) is 1.50. The number of hydrogen-bond donors (Lipinski definition) is 1. The Balaban J connectivity index is 2.73. The largest absolute Gasteiger partial charge is 0.490 e. The van der Waals surface area contributed by atoms with Crippen LogP contribution < -0.4 is 10.5 Å². The van der Waals surface area contributed by atoms with E-state index >= 15 is 0 Å². The highest BCUT2D eigenvalue weighted by Gasteiger charge is 2.12. The molecular formula is C10H13N3O. The monoisotopic (exact) mass is 191 g/mol. The lowest BCUT2D eigenvalue weighted by atomic mass is 10.1. The van der Waals surface area contributed by atoms with Gasteiger partial charge in [0, 0.05) is 17.9 Å². The van der Waals surface area contributed by atoms with Gasteiger partial charge in [-0.3, -0.25) is 4.98 Å². The minimum absolute atomic E-state index is 0.367. The van der Waals surface area contributed by atoms with Gasteiger partial charge in [-0.1, -0.05) is 0 Å². The summed E-state index contributed by atoms with van der Waals surface area (Å²) in [7, 11) is 0. The summed E-state index contributed by atoms with van der Waals surface area (Å²) in [5.74, 6) is 0.529. The van der Waals surface area contributed by atoms with Crippen LogP contribution in [-0.4, -0.2) is 17.1 Å². The molecule has 1 rings (SSSR count). The lowest BCUT2D eigenvalue weighted by Gasteiger charge is -2.19. The van der Waals surface area contributed by atoms with Gasteiger partial charge in [-0.05, 0) is 19.9 Å². The highest BCUT2D eigenvalue weighted by molar-refractivity contribution is 5.40. The van der Waals surface area contributed by atoms with Crippen LogP contribution in [0.2, 0.25) is 0 Å². The molecule has 0 saturated heterocycles. The molecule has 1 heterocycles. The summed E-state index contributed by atoms with van der Waals surface area (Å²) >= 11 is 0. The highest BCUT2D eigenvalue weighted by atomic mass is 16.5. The highest BCUT2D eigenvalue weighted by Crippen LogP contribution is 2.16. The Bertz CT molecular complexity index is 349. The molecule has 1 aromatic heterocycles. The molecule has 0 spiro atoms. The zero-order valence-electron chi connectivity index (χ0n) is 8.32. The molecule has 0 aromatic carbocycles. The second-order valence-corrected chi connectivity index (χ2v) is 3.76. The van der Waals surface area contributed by atoms with Gasteiger partial charge in [-0.2, -0.15) is 5.26 Å². The molecule has 0 unspecified atom stereocenters. The van der Waals surface area contributed by atoms with Crippen LogP contribution in [0.1, 0.15) is 19.4 Å². The molecule has 0 amide bonds. The second kappa shape index (κ2) is 4.07. The topological polar surface area (TPSA) is 71.9 Å². The molecule has 1 aromatic rings. The quantitative estimate of drug-likeness (QED) is 0.775. The molecule has 0 atom stereocenters. The zero-order valence-corrected chi connectivity index (χ0v) is 8.32. The van der Waals surface area contributed by atoms with E-state index in [1.165, 1.54) is 6.20 Å². The fraction of sp³-hybridized carbons (Fsp3) is 0.400. The first-order valence-electron chi connectivity index (χ1n) is 4.29. The molecule has 0 bridgehead atoms. The zero-order chi connectivity index (χ0) is 10.6. The number of ether oxygens (including phenoxy) is 1. The Morgan fingerprint density at radius 2 is 2.36 bits per heavy atom. The Hall–Kier alpha value is -1.60. The molecular weight excluding hydrogens is 178 g/mol. The molecule has 74 valence electrons. The van der Waals surface area contributed by atoms with Crippen molar-refractivity contribution >= 4 is 0 Å². The summed E-state index contributed by atoms with van der Waals surface area (Å²) in [6, 6.07) is 3.66. The number of aromatic nitrogens is 1. The first kappa shape index (κ1) is 10.5. The van der Waals surface area contributed by atoms with Crippen molar-refractivity contribution in [2.45, 2.75) is 19.4 Å². The van der Waals surface area contributed by atoms with Crippen molar-refractivity contribution in [2.75, 3.05) is 6.61 Å². The standard InChI is InChI=1S/C10H13N3O/c1-10(2,12)7-14-9-3-4-13-6-8(9)5-11/h3-4,6H,7,12H2,1-2H3. The minimum Gasteiger partial charge on any atom is -0.490 e. The van der Waals surface area contributed by atoms with E-state index in [9.17, 15) is 0 Å². The molecule has 14 heavy (non-hydrogen) atoms. The van der Waals surface area contributed by atoms with Crippen LogP contribution in [0.25, 0.3) is 0 Å². The van der Waals surface area contributed by atoms with Crippen molar-refractivity contribution in [1.82, 2.24) is 4.98 Å². The molecule has 0 radical (unpaired) electrons. The second-order valence-electron chi connectivity index (χ2n) is 3.76. The van der Waals surface area contributed by atoms with Crippen LogP contribution in [0.5, 0.6) is 5.75 Å². The molecule has 4 nitrogen and oxygen atoms in total. The molecule has 2 N–H and O–H groups in total. The average Bonchev–Trinajstić information content (AvgIpc) is 2.14. The van der Waals surface area contributed by atoms with Crippen molar-refractivity contribution in [2.24, 2.45) is 5.73 Å². The molecule has 0 aliphatic rings. The van der Waals surface area contributed by atoms with Crippen LogP contribution in [0, 0.1) is 11.3 Å². The van der Waals surface area contributed by atoms with E-state index < -0.39 is 5.54 Å². The van der Waals surface area contributed by atoms with Crippen LogP contribution in [0.3, 0.4) is 0 Å². The van der Waals surface area contributed by atoms with Gasteiger partial charge >= 0.3 is 0 Å². The van der Waals surface area contributed by atoms with Crippen molar-refractivity contribution in [3.8, 4) is 11.8 Å². The van der Waals surface area contributed by atoms with Crippen molar-refractivity contribution < 1.29 is 4.74 Å². The number of nitrogens with two attached hydrogens (primary N) is 1. The normalized spacial score (nSPS) is 10.7. The summed E-state index contributed by atoms with van der Waals surface area (Å²) in [5, 5.41) is 8.75. The molecule has 0 aliphatic carbocycles. The third-order valence-corrected chi connectivity index (χ3v) is 1.50. The van der Waals surface area contributed by atoms with Gasteiger partial charge in [0.2, 0.25) is 0 Å². The maximum absolute atomic E-state index is 8.75. The Morgan fingerprint density at radius 1 is 1.64 bits per heavy atom. The predicted octanol–water partition coefficient (Wildman–Crippen LogP) is 1.07. The van der Waals surface area contributed by atoms with Crippen LogP contribution in [0.4, 0.5) is 0 Å². The van der Waals surface area contributed by atoms with Gasteiger partial charge in [0.25, 0.3) is 0 Å². The van der Waals surface area contributed by atoms with Gasteiger partial charge in [-0.15, -0.1) is 0 Å². The minimum atomic E-state index is -0.407. The SMILES string of the molecule is CC(C)(N)COc1ccncc1C#N. The predicted molar refractivity (Wildman–Crippen MR) is 52.7 cm³/mol. The molecule has 4 heteroatoms. The fourth-order valence-corrected chi connectivity index (χ4v) is 0.855. The smallest absolute Gasteiger partial charge is 0.140 e. The number of rotatable bonds is 3. The first-order valence-corrected chi connectivity index (χ1v) is 4.29. The third kappa shape index (κ3) is 3.04. The van der Waals surface area contributed by atoms with E-state index in [-0.39, 0.29) is 0 Å². The van der Waals surface area contributed by atoms with Crippen molar-refractivity contribution in [3.63, 3.8) is 0 Å². The number of pyridine rings is 1. The Kier molecular flexibility index (Phi) is 3.05. The van der Waals surface area contributed by atoms with E-state index in [4.69, 9.17) is 15.7 Å². The van der Waals surface area contributed by atoms with E-state index in [0.29, 0.717) is 17.9 Å². The molecule has 0 fully saturated rings. The van der Waals surface area contributed by atoms with E-state index in [1.807, 2.05) is 19.9 Å². The van der Waals surface area contributed by atoms with Gasteiger partial charge in [0.15, 0.2) is 0 Å². The summed E-state index contributed by atoms with van der Waals surface area (Å²) in [6.07, 6.45) is 3.05. The van der Waals surface area contributed by atoms with Gasteiger partial charge in [0.1, 0.15) is 24.0 Å². The molecule has 0 saturated carbocycles. The van der Waals surface area contributed by atoms with Crippen molar-refractivity contribution in [1.29, 1.82) is 5.26 Å². The lowest BCUT2D eigenvalue weighted by Crippen LogP contribution is -2.38. The van der Waals surface area contributed by atoms with E-state index in [0.717, 1.165) is 0 Å². The Labute approximate surface area is 83.3 Å². The van der Waals surface area contributed by atoms with Crippen LogP contribution >= 0.6 is 0 Å². The van der Waals surface area contributed by atoms with E-state index in [1.54, 1.807) is 12.3 Å². The summed E-state index contributed by atoms with van der Waals surface area (Å²) in [4.78, 5) is 3.83. The summed E-state index contributed by atoms with van der Waals surface area (Å²) in [5.41, 5.74) is 5.77. The van der Waals surface area contributed by atoms with Gasteiger partial charge < -0.3 is 10.5 Å². The van der Waals surface area contributed by atoms with Crippen LogP contribution in [-0.2, 0) is 0 Å². The number of hydrogen-bond acceptors (Lipinski definition) is 4. The fourth-order valence-electron chi connectivity index (χ4n) is 0.855. The van der Waals surface area contributed by atoms with Gasteiger partial charge in [-0.25, -0.2) is 0 Å². The van der Waals surface area contributed by atoms with E-state index in [2.05, 4.69) is 4.98 Å². The number of nitriles is 1. The molecule has 0 aliphatic heterocycles. The maximum Gasteiger partial charge on any atom is 0.140 e. The van der Waals surface area contributed by atoms with Gasteiger partial charge in [0.05, 0.1) is 0 Å². The average molecular weight is 191 g/mol. The summed E-state index contributed by atoms with van der Waals surface area (Å²) < 4.78 is 5.40. The van der Waals surface area contributed by atoms with Crippen LogP contribution in [0.15, 0.2) is 18.5 Å². The Morgan fingerprint density at radius 3 is 2.93 bits per heavy atom.